The smallest absolute Gasteiger partial charge is 0.241 e. The van der Waals surface area contributed by atoms with E-state index in [1.807, 2.05) is 0 Å². The number of likely N-dealkylation sites (tertiary alicyclic amines) is 1. The zero-order valence-corrected chi connectivity index (χ0v) is 13.7. The molecule has 0 bridgehead atoms. The molecule has 0 aromatic heterocycles. The van der Waals surface area contributed by atoms with Gasteiger partial charge in [-0.2, -0.15) is 0 Å². The van der Waals surface area contributed by atoms with Crippen LogP contribution in [0.5, 0.6) is 0 Å². The molecule has 0 unspecified atom stereocenters. The highest BCUT2D eigenvalue weighted by atomic mass is 16.2. The molecule has 0 radical (unpaired) electrons. The second-order valence-electron chi connectivity index (χ2n) is 6.76. The maximum atomic E-state index is 12.5. The Balaban J connectivity index is 1.56. The Morgan fingerprint density at radius 3 is 2.36 bits per heavy atom. The number of fused-ring (bicyclic) bond motifs is 1. The van der Waals surface area contributed by atoms with Crippen LogP contribution in [0.2, 0.25) is 0 Å². The van der Waals surface area contributed by atoms with E-state index in [2.05, 4.69) is 47.6 Å². The Morgan fingerprint density at radius 2 is 1.77 bits per heavy atom. The van der Waals surface area contributed by atoms with Crippen molar-refractivity contribution < 1.29 is 4.79 Å². The topological polar surface area (TPSA) is 44.4 Å². The summed E-state index contributed by atoms with van der Waals surface area (Å²) >= 11 is 0. The summed E-state index contributed by atoms with van der Waals surface area (Å²) in [5, 5.41) is 6.82. The molecular weight excluding hydrogens is 274 g/mol. The number of nitrogens with zero attached hydrogens (tertiary/aromatic N) is 1. The summed E-state index contributed by atoms with van der Waals surface area (Å²) in [5.41, 5.74) is 3.50. The monoisotopic (exact) mass is 301 g/mol. The number of rotatable bonds is 3. The van der Waals surface area contributed by atoms with Crippen LogP contribution in [0, 0.1) is 25.7 Å². The van der Waals surface area contributed by atoms with Crippen molar-refractivity contribution in [1.29, 1.82) is 0 Å². The first-order valence-electron chi connectivity index (χ1n) is 8.43. The third-order valence-corrected chi connectivity index (χ3v) is 5.27. The minimum atomic E-state index is 0.232. The van der Waals surface area contributed by atoms with Gasteiger partial charge in [0, 0.05) is 18.8 Å². The van der Waals surface area contributed by atoms with Crippen LogP contribution in [0.15, 0.2) is 18.2 Å². The molecule has 1 aromatic carbocycles. The van der Waals surface area contributed by atoms with Crippen LogP contribution in [0.1, 0.15) is 24.0 Å². The van der Waals surface area contributed by atoms with Gasteiger partial charge in [0.25, 0.3) is 0 Å². The SMILES string of the molecule is Cc1cccc(C)c1NCC(=O)N1CC[C@@H]2CNC[C@@H]2CC1. The van der Waals surface area contributed by atoms with Gasteiger partial charge in [-0.05, 0) is 62.7 Å². The molecule has 4 heteroatoms. The number of benzene rings is 1. The van der Waals surface area contributed by atoms with E-state index in [-0.39, 0.29) is 5.91 Å². The largest absolute Gasteiger partial charge is 0.376 e. The van der Waals surface area contributed by atoms with Gasteiger partial charge in [-0.1, -0.05) is 18.2 Å². The van der Waals surface area contributed by atoms with Crippen LogP contribution < -0.4 is 10.6 Å². The number of carbonyl (C=O) groups is 1. The first-order chi connectivity index (χ1) is 10.6. The second kappa shape index (κ2) is 6.69. The van der Waals surface area contributed by atoms with Crippen molar-refractivity contribution in [1.82, 2.24) is 10.2 Å². The fourth-order valence-corrected chi connectivity index (χ4v) is 3.84. The molecule has 3 rings (SSSR count). The number of nitrogens with one attached hydrogen (secondary N) is 2. The fourth-order valence-electron chi connectivity index (χ4n) is 3.84. The highest BCUT2D eigenvalue weighted by molar-refractivity contribution is 5.81. The van der Waals surface area contributed by atoms with Crippen molar-refractivity contribution in [2.75, 3.05) is 38.0 Å². The quantitative estimate of drug-likeness (QED) is 0.899. The van der Waals surface area contributed by atoms with E-state index in [4.69, 9.17) is 0 Å². The lowest BCUT2D eigenvalue weighted by Gasteiger charge is -2.22. The second-order valence-corrected chi connectivity index (χ2v) is 6.76. The molecule has 22 heavy (non-hydrogen) atoms. The predicted molar refractivity (Wildman–Crippen MR) is 90.1 cm³/mol. The number of aryl methyl sites for hydroxylation is 2. The van der Waals surface area contributed by atoms with Crippen LogP contribution >= 0.6 is 0 Å². The highest BCUT2D eigenvalue weighted by Crippen LogP contribution is 2.27. The highest BCUT2D eigenvalue weighted by Gasteiger charge is 2.31. The fraction of sp³-hybridized carbons (Fsp3) is 0.611. The normalized spacial score (nSPS) is 24.7. The molecule has 2 fully saturated rings. The van der Waals surface area contributed by atoms with Crippen molar-refractivity contribution in [3.8, 4) is 0 Å². The maximum absolute atomic E-state index is 12.5. The van der Waals surface area contributed by atoms with Crippen molar-refractivity contribution >= 4 is 11.6 Å². The summed E-state index contributed by atoms with van der Waals surface area (Å²) < 4.78 is 0. The Kier molecular flexibility index (Phi) is 4.67. The minimum Gasteiger partial charge on any atom is -0.376 e. The van der Waals surface area contributed by atoms with E-state index in [9.17, 15) is 4.79 Å². The molecule has 0 saturated carbocycles. The van der Waals surface area contributed by atoms with E-state index in [0.717, 1.165) is 56.5 Å². The molecule has 1 amide bonds. The van der Waals surface area contributed by atoms with Crippen molar-refractivity contribution in [3.05, 3.63) is 29.3 Å². The van der Waals surface area contributed by atoms with E-state index in [1.165, 1.54) is 11.1 Å². The average Bonchev–Trinajstić information content (AvgIpc) is 2.85. The van der Waals surface area contributed by atoms with Crippen molar-refractivity contribution in [3.63, 3.8) is 0 Å². The van der Waals surface area contributed by atoms with E-state index >= 15 is 0 Å². The third-order valence-electron chi connectivity index (χ3n) is 5.27. The van der Waals surface area contributed by atoms with Gasteiger partial charge in [0.1, 0.15) is 0 Å². The third kappa shape index (κ3) is 3.27. The zero-order chi connectivity index (χ0) is 15.5. The maximum Gasteiger partial charge on any atom is 0.241 e. The molecule has 2 atom stereocenters. The summed E-state index contributed by atoms with van der Waals surface area (Å²) in [6.07, 6.45) is 2.29. The van der Waals surface area contributed by atoms with E-state index in [0.29, 0.717) is 6.54 Å². The van der Waals surface area contributed by atoms with Gasteiger partial charge in [-0.3, -0.25) is 4.79 Å². The van der Waals surface area contributed by atoms with Crippen LogP contribution in [0.4, 0.5) is 5.69 Å². The summed E-state index contributed by atoms with van der Waals surface area (Å²) in [4.78, 5) is 14.6. The van der Waals surface area contributed by atoms with Crippen molar-refractivity contribution in [2.45, 2.75) is 26.7 Å². The Labute approximate surface area is 133 Å². The number of anilines is 1. The number of carbonyl (C=O) groups excluding carboxylic acids is 1. The summed E-state index contributed by atoms with van der Waals surface area (Å²) in [5.74, 6) is 1.77. The van der Waals surface area contributed by atoms with Gasteiger partial charge in [0.15, 0.2) is 0 Å². The molecule has 0 aliphatic carbocycles. The molecule has 2 aliphatic heterocycles. The molecule has 4 nitrogen and oxygen atoms in total. The standard InChI is InChI=1S/C18H27N3O/c1-13-4-3-5-14(2)18(13)20-12-17(22)21-8-6-15-10-19-11-16(15)7-9-21/h3-5,15-16,19-20H,6-12H2,1-2H3/t15-,16+. The zero-order valence-electron chi connectivity index (χ0n) is 13.7. The molecule has 2 aliphatic rings. The molecule has 2 heterocycles. The van der Waals surface area contributed by atoms with Gasteiger partial charge in [-0.15, -0.1) is 0 Å². The number of para-hydroxylation sites is 1. The minimum absolute atomic E-state index is 0.232. The Hall–Kier alpha value is -1.55. The van der Waals surface area contributed by atoms with Gasteiger partial charge >= 0.3 is 0 Å². The van der Waals surface area contributed by atoms with Crippen LogP contribution in [-0.4, -0.2) is 43.5 Å². The van der Waals surface area contributed by atoms with Gasteiger partial charge in [0.2, 0.25) is 5.91 Å². The van der Waals surface area contributed by atoms with Crippen LogP contribution in [-0.2, 0) is 4.79 Å². The lowest BCUT2D eigenvalue weighted by molar-refractivity contribution is -0.129. The molecule has 0 spiro atoms. The van der Waals surface area contributed by atoms with Gasteiger partial charge < -0.3 is 15.5 Å². The lowest BCUT2D eigenvalue weighted by Crippen LogP contribution is -2.37. The van der Waals surface area contributed by atoms with Crippen molar-refractivity contribution in [2.24, 2.45) is 11.8 Å². The lowest BCUT2D eigenvalue weighted by atomic mass is 9.92. The summed E-state index contributed by atoms with van der Waals surface area (Å²) in [6, 6.07) is 6.22. The Bertz CT molecular complexity index is 509. The van der Waals surface area contributed by atoms with Crippen LogP contribution in [0.3, 0.4) is 0 Å². The molecule has 120 valence electrons. The van der Waals surface area contributed by atoms with Gasteiger partial charge in [0.05, 0.1) is 6.54 Å². The molecule has 2 saturated heterocycles. The molecule has 1 aromatic rings. The average molecular weight is 301 g/mol. The molecular formula is C18H27N3O. The van der Waals surface area contributed by atoms with E-state index in [1.54, 1.807) is 0 Å². The first-order valence-corrected chi connectivity index (χ1v) is 8.43. The summed E-state index contributed by atoms with van der Waals surface area (Å²) in [6.45, 7) is 8.66. The number of hydrogen-bond acceptors (Lipinski definition) is 3. The Morgan fingerprint density at radius 1 is 1.18 bits per heavy atom. The summed E-state index contributed by atoms with van der Waals surface area (Å²) in [7, 11) is 0. The van der Waals surface area contributed by atoms with E-state index < -0.39 is 0 Å². The number of amides is 1. The van der Waals surface area contributed by atoms with Gasteiger partial charge in [-0.25, -0.2) is 0 Å². The number of hydrogen-bond donors (Lipinski definition) is 2. The van der Waals surface area contributed by atoms with Crippen LogP contribution in [0.25, 0.3) is 0 Å². The first kappa shape index (κ1) is 15.3. The predicted octanol–water partition coefficient (Wildman–Crippen LogP) is 2.17. The molecule has 2 N–H and O–H groups in total.